The highest BCUT2D eigenvalue weighted by atomic mass is 79.9. The lowest BCUT2D eigenvalue weighted by atomic mass is 10.1. The van der Waals surface area contributed by atoms with E-state index in [1.165, 1.54) is 0 Å². The molecule has 1 aliphatic carbocycles. The zero-order chi connectivity index (χ0) is 17.0. The van der Waals surface area contributed by atoms with E-state index in [0.29, 0.717) is 17.5 Å². The van der Waals surface area contributed by atoms with Crippen LogP contribution in [0.3, 0.4) is 0 Å². The van der Waals surface area contributed by atoms with Gasteiger partial charge in [-0.3, -0.25) is 0 Å². The summed E-state index contributed by atoms with van der Waals surface area (Å²) >= 11 is 3.73. The van der Waals surface area contributed by atoms with Crippen LogP contribution in [0.15, 0.2) is 8.89 Å². The van der Waals surface area contributed by atoms with Gasteiger partial charge in [0.25, 0.3) is 0 Å². The monoisotopic (exact) mass is 388 g/mol. The Morgan fingerprint density at radius 1 is 1.33 bits per heavy atom. The van der Waals surface area contributed by atoms with Crippen molar-refractivity contribution >= 4 is 32.7 Å². The van der Waals surface area contributed by atoms with Crippen LogP contribution in [-0.2, 0) is 0 Å². The summed E-state index contributed by atoms with van der Waals surface area (Å²) in [6.07, 6.45) is 3.40. The highest BCUT2D eigenvalue weighted by Gasteiger charge is 2.33. The first kappa shape index (κ1) is 15.9. The SMILES string of the molecule is Cc1c(Br)c(N2CCC(N(C)C)C2)c2oc(C3CC3)nc2c1C#N. The van der Waals surface area contributed by atoms with Crippen molar-refractivity contribution < 1.29 is 4.42 Å². The Kier molecular flexibility index (Phi) is 3.81. The molecular weight excluding hydrogens is 368 g/mol. The number of hydrogen-bond acceptors (Lipinski definition) is 5. The van der Waals surface area contributed by atoms with Gasteiger partial charge in [-0.1, -0.05) is 0 Å². The molecule has 1 aromatic carbocycles. The van der Waals surface area contributed by atoms with Crippen LogP contribution in [0.4, 0.5) is 5.69 Å². The van der Waals surface area contributed by atoms with Crippen molar-refractivity contribution in [2.45, 2.75) is 38.1 Å². The lowest BCUT2D eigenvalue weighted by Gasteiger charge is -2.23. The molecule has 1 saturated carbocycles. The first-order chi connectivity index (χ1) is 11.5. The molecule has 1 unspecified atom stereocenters. The van der Waals surface area contributed by atoms with Crippen LogP contribution < -0.4 is 4.90 Å². The Morgan fingerprint density at radius 3 is 2.67 bits per heavy atom. The minimum Gasteiger partial charge on any atom is -0.438 e. The topological polar surface area (TPSA) is 56.3 Å². The van der Waals surface area contributed by atoms with Gasteiger partial charge in [-0.2, -0.15) is 5.26 Å². The van der Waals surface area contributed by atoms with Gasteiger partial charge >= 0.3 is 0 Å². The van der Waals surface area contributed by atoms with E-state index in [1.54, 1.807) is 0 Å². The Morgan fingerprint density at radius 2 is 2.08 bits per heavy atom. The maximum atomic E-state index is 9.60. The van der Waals surface area contributed by atoms with Gasteiger partial charge in [0.05, 0.1) is 11.3 Å². The summed E-state index contributed by atoms with van der Waals surface area (Å²) in [5.41, 5.74) is 4.13. The summed E-state index contributed by atoms with van der Waals surface area (Å²) in [5.74, 6) is 1.23. The molecule has 2 aromatic rings. The fourth-order valence-corrected chi connectivity index (χ4v) is 4.15. The van der Waals surface area contributed by atoms with Gasteiger partial charge in [-0.25, -0.2) is 4.98 Å². The van der Waals surface area contributed by atoms with Crippen LogP contribution in [-0.4, -0.2) is 43.1 Å². The molecule has 0 amide bonds. The largest absolute Gasteiger partial charge is 0.438 e. The number of halogens is 1. The van der Waals surface area contributed by atoms with Gasteiger partial charge in [-0.05, 0) is 61.8 Å². The standard InChI is InChI=1S/C18H21BrN4O/c1-10-13(8-20)15-17(24-18(21-15)11-4-5-11)16(14(10)19)23-7-6-12(9-23)22(2)3/h11-12H,4-7,9H2,1-3H3. The van der Waals surface area contributed by atoms with E-state index >= 15 is 0 Å². The van der Waals surface area contributed by atoms with Crippen molar-refractivity contribution in [3.63, 3.8) is 0 Å². The van der Waals surface area contributed by atoms with Gasteiger partial charge in [0.15, 0.2) is 11.5 Å². The number of likely N-dealkylation sites (N-methyl/N-ethyl adjacent to an activating group) is 1. The first-order valence-electron chi connectivity index (χ1n) is 8.45. The number of rotatable bonds is 3. The number of anilines is 1. The zero-order valence-corrected chi connectivity index (χ0v) is 15.9. The van der Waals surface area contributed by atoms with E-state index in [-0.39, 0.29) is 0 Å². The minimum atomic E-state index is 0.434. The number of fused-ring (bicyclic) bond motifs is 1. The molecule has 2 fully saturated rings. The third-order valence-electron chi connectivity index (χ3n) is 5.26. The molecule has 6 heteroatoms. The minimum absolute atomic E-state index is 0.434. The average Bonchev–Trinajstić information content (AvgIpc) is 3.12. The number of nitrogens with zero attached hydrogens (tertiary/aromatic N) is 4. The normalized spacial score (nSPS) is 21.0. The molecule has 1 saturated heterocycles. The van der Waals surface area contributed by atoms with Crippen molar-refractivity contribution in [2.75, 3.05) is 32.1 Å². The van der Waals surface area contributed by atoms with Crippen LogP contribution in [0.25, 0.3) is 11.1 Å². The molecule has 24 heavy (non-hydrogen) atoms. The molecule has 1 aliphatic heterocycles. The van der Waals surface area contributed by atoms with Crippen molar-refractivity contribution in [3.8, 4) is 6.07 Å². The number of benzene rings is 1. The second kappa shape index (κ2) is 5.75. The summed E-state index contributed by atoms with van der Waals surface area (Å²) in [6.45, 7) is 3.93. The summed E-state index contributed by atoms with van der Waals surface area (Å²) < 4.78 is 7.12. The Labute approximate surface area is 150 Å². The van der Waals surface area contributed by atoms with E-state index in [4.69, 9.17) is 4.42 Å². The maximum Gasteiger partial charge on any atom is 0.198 e. The van der Waals surface area contributed by atoms with Gasteiger partial charge in [0.2, 0.25) is 0 Å². The quantitative estimate of drug-likeness (QED) is 0.800. The lowest BCUT2D eigenvalue weighted by molar-refractivity contribution is 0.315. The molecular formula is C18H21BrN4O. The third kappa shape index (κ3) is 2.42. The summed E-state index contributed by atoms with van der Waals surface area (Å²) in [7, 11) is 4.25. The summed E-state index contributed by atoms with van der Waals surface area (Å²) in [5, 5.41) is 9.60. The average molecular weight is 389 g/mol. The van der Waals surface area contributed by atoms with Crippen LogP contribution in [0.1, 0.15) is 42.2 Å². The van der Waals surface area contributed by atoms with E-state index in [0.717, 1.165) is 65.1 Å². The van der Waals surface area contributed by atoms with Crippen molar-refractivity contribution in [2.24, 2.45) is 0 Å². The summed E-state index contributed by atoms with van der Waals surface area (Å²) in [6, 6.07) is 2.85. The van der Waals surface area contributed by atoms with E-state index in [1.807, 2.05) is 6.92 Å². The van der Waals surface area contributed by atoms with Crippen LogP contribution >= 0.6 is 15.9 Å². The molecule has 1 aromatic heterocycles. The second-order valence-corrected chi connectivity index (χ2v) is 7.92. The molecule has 0 N–H and O–H groups in total. The summed E-state index contributed by atoms with van der Waals surface area (Å²) in [4.78, 5) is 9.33. The Hall–Kier alpha value is -1.58. The van der Waals surface area contributed by atoms with Gasteiger partial charge in [0.1, 0.15) is 11.6 Å². The molecule has 2 aliphatic rings. The van der Waals surface area contributed by atoms with Crippen molar-refractivity contribution in [1.82, 2.24) is 9.88 Å². The number of aromatic nitrogens is 1. The molecule has 126 valence electrons. The van der Waals surface area contributed by atoms with Gasteiger partial charge in [-0.15, -0.1) is 0 Å². The predicted octanol–water partition coefficient (Wildman–Crippen LogP) is 3.79. The molecule has 4 rings (SSSR count). The van der Waals surface area contributed by atoms with E-state index < -0.39 is 0 Å². The molecule has 2 heterocycles. The van der Waals surface area contributed by atoms with Gasteiger partial charge < -0.3 is 14.2 Å². The fourth-order valence-electron chi connectivity index (χ4n) is 3.52. The Bertz CT molecular complexity index is 847. The molecule has 0 radical (unpaired) electrons. The second-order valence-electron chi connectivity index (χ2n) is 7.13. The predicted molar refractivity (Wildman–Crippen MR) is 97.4 cm³/mol. The fraction of sp³-hybridized carbons (Fsp3) is 0.556. The maximum absolute atomic E-state index is 9.60. The number of hydrogen-bond donors (Lipinski definition) is 0. The highest BCUT2D eigenvalue weighted by Crippen LogP contribution is 2.46. The highest BCUT2D eigenvalue weighted by molar-refractivity contribution is 9.10. The molecule has 0 bridgehead atoms. The Balaban J connectivity index is 1.88. The first-order valence-corrected chi connectivity index (χ1v) is 9.24. The molecule has 0 spiro atoms. The van der Waals surface area contributed by atoms with Crippen LogP contribution in [0.5, 0.6) is 0 Å². The smallest absolute Gasteiger partial charge is 0.198 e. The van der Waals surface area contributed by atoms with Crippen LogP contribution in [0.2, 0.25) is 0 Å². The van der Waals surface area contributed by atoms with Crippen LogP contribution in [0, 0.1) is 18.3 Å². The number of oxazole rings is 1. The third-order valence-corrected chi connectivity index (χ3v) is 6.23. The number of nitriles is 1. The van der Waals surface area contributed by atoms with E-state index in [9.17, 15) is 5.26 Å². The van der Waals surface area contributed by atoms with E-state index in [2.05, 4.69) is 50.9 Å². The molecule has 1 atom stereocenters. The lowest BCUT2D eigenvalue weighted by Crippen LogP contribution is -2.31. The van der Waals surface area contributed by atoms with Gasteiger partial charge in [0, 0.05) is 29.5 Å². The van der Waals surface area contributed by atoms with Crippen molar-refractivity contribution in [1.29, 1.82) is 5.26 Å². The van der Waals surface area contributed by atoms with Crippen molar-refractivity contribution in [3.05, 3.63) is 21.5 Å². The molecule has 5 nitrogen and oxygen atoms in total. The zero-order valence-electron chi connectivity index (χ0n) is 14.3.